The van der Waals surface area contributed by atoms with E-state index in [-0.39, 0.29) is 16.9 Å². The van der Waals surface area contributed by atoms with Crippen LogP contribution >= 0.6 is 0 Å². The molecule has 4 rings (SSSR count). The summed E-state index contributed by atoms with van der Waals surface area (Å²) in [6.45, 7) is 2.21. The molecule has 6 heteroatoms. The number of aromatic nitrogens is 2. The van der Waals surface area contributed by atoms with E-state index in [4.69, 9.17) is 9.47 Å². The van der Waals surface area contributed by atoms with E-state index in [1.807, 2.05) is 31.2 Å². The van der Waals surface area contributed by atoms with Gasteiger partial charge in [-0.2, -0.15) is 0 Å². The molecular formula is C23H18N2O4. The molecule has 0 amide bonds. The SMILES string of the molecule is CCCOC(=O)c1ccccc1OC(=O)c1cccc2nc3ccccc3nc12. The number of rotatable bonds is 5. The molecule has 0 radical (unpaired) electrons. The van der Waals surface area contributed by atoms with Crippen LogP contribution in [0, 0.1) is 0 Å². The quantitative estimate of drug-likeness (QED) is 0.284. The number of para-hydroxylation sites is 4. The molecule has 1 heterocycles. The second-order valence-corrected chi connectivity index (χ2v) is 6.41. The summed E-state index contributed by atoms with van der Waals surface area (Å²) < 4.78 is 10.7. The number of hydrogen-bond donors (Lipinski definition) is 0. The molecule has 0 atom stereocenters. The van der Waals surface area contributed by atoms with Gasteiger partial charge >= 0.3 is 11.9 Å². The first-order valence-electron chi connectivity index (χ1n) is 9.31. The van der Waals surface area contributed by atoms with Gasteiger partial charge in [0, 0.05) is 0 Å². The van der Waals surface area contributed by atoms with Gasteiger partial charge in [-0.15, -0.1) is 0 Å². The highest BCUT2D eigenvalue weighted by molar-refractivity contribution is 6.05. The Labute approximate surface area is 167 Å². The number of hydrogen-bond acceptors (Lipinski definition) is 6. The third-order valence-corrected chi connectivity index (χ3v) is 4.34. The van der Waals surface area contributed by atoms with Crippen molar-refractivity contribution in [3.63, 3.8) is 0 Å². The van der Waals surface area contributed by atoms with Gasteiger partial charge in [-0.05, 0) is 42.8 Å². The fraction of sp³-hybridized carbons (Fsp3) is 0.130. The lowest BCUT2D eigenvalue weighted by molar-refractivity contribution is 0.0499. The lowest BCUT2D eigenvalue weighted by atomic mass is 10.1. The molecule has 0 saturated heterocycles. The monoisotopic (exact) mass is 386 g/mol. The second-order valence-electron chi connectivity index (χ2n) is 6.41. The summed E-state index contributed by atoms with van der Waals surface area (Å²) in [6, 6.07) is 19.1. The number of carbonyl (C=O) groups is 2. The van der Waals surface area contributed by atoms with Crippen molar-refractivity contribution >= 4 is 34.0 Å². The molecule has 0 aliphatic carbocycles. The van der Waals surface area contributed by atoms with Crippen molar-refractivity contribution in [2.75, 3.05) is 6.61 Å². The van der Waals surface area contributed by atoms with Crippen LogP contribution < -0.4 is 4.74 Å². The minimum absolute atomic E-state index is 0.143. The summed E-state index contributed by atoms with van der Waals surface area (Å²) in [5.74, 6) is -1.00. The second kappa shape index (κ2) is 8.06. The summed E-state index contributed by atoms with van der Waals surface area (Å²) in [7, 11) is 0. The Morgan fingerprint density at radius 1 is 0.759 bits per heavy atom. The van der Waals surface area contributed by atoms with Crippen molar-refractivity contribution in [1.82, 2.24) is 9.97 Å². The Morgan fingerprint density at radius 3 is 2.21 bits per heavy atom. The van der Waals surface area contributed by atoms with Gasteiger partial charge < -0.3 is 9.47 Å². The van der Waals surface area contributed by atoms with Crippen molar-refractivity contribution in [1.29, 1.82) is 0 Å². The van der Waals surface area contributed by atoms with Gasteiger partial charge in [0.15, 0.2) is 0 Å². The molecule has 0 spiro atoms. The number of fused-ring (bicyclic) bond motifs is 2. The number of benzene rings is 3. The first-order chi connectivity index (χ1) is 14.2. The zero-order valence-corrected chi connectivity index (χ0v) is 15.8. The minimum atomic E-state index is -0.615. The van der Waals surface area contributed by atoms with E-state index in [0.29, 0.717) is 29.6 Å². The van der Waals surface area contributed by atoms with Gasteiger partial charge in [0.1, 0.15) is 16.8 Å². The van der Waals surface area contributed by atoms with Crippen LogP contribution in [0.5, 0.6) is 5.75 Å². The lowest BCUT2D eigenvalue weighted by Gasteiger charge is -2.11. The van der Waals surface area contributed by atoms with Crippen LogP contribution in [-0.2, 0) is 4.74 Å². The van der Waals surface area contributed by atoms with Gasteiger partial charge in [0.05, 0.1) is 28.7 Å². The maximum atomic E-state index is 12.9. The summed E-state index contributed by atoms with van der Waals surface area (Å²) in [5.41, 5.74) is 2.94. The molecule has 0 N–H and O–H groups in total. The van der Waals surface area contributed by atoms with E-state index in [1.54, 1.807) is 42.5 Å². The molecule has 0 fully saturated rings. The number of nitrogens with zero attached hydrogens (tertiary/aromatic N) is 2. The fourth-order valence-electron chi connectivity index (χ4n) is 2.96. The lowest BCUT2D eigenvalue weighted by Crippen LogP contribution is -2.14. The van der Waals surface area contributed by atoms with Gasteiger partial charge in [0.2, 0.25) is 0 Å². The van der Waals surface area contributed by atoms with Crippen LogP contribution in [0.25, 0.3) is 22.1 Å². The van der Waals surface area contributed by atoms with E-state index in [9.17, 15) is 9.59 Å². The van der Waals surface area contributed by atoms with Crippen LogP contribution in [0.2, 0.25) is 0 Å². The third-order valence-electron chi connectivity index (χ3n) is 4.34. The number of carbonyl (C=O) groups excluding carboxylic acids is 2. The largest absolute Gasteiger partial charge is 0.462 e. The van der Waals surface area contributed by atoms with Gasteiger partial charge in [0.25, 0.3) is 0 Å². The first-order valence-corrected chi connectivity index (χ1v) is 9.31. The fourth-order valence-corrected chi connectivity index (χ4v) is 2.96. The maximum absolute atomic E-state index is 12.9. The number of esters is 2. The molecule has 0 unspecified atom stereocenters. The van der Waals surface area contributed by atoms with Crippen molar-refractivity contribution in [2.45, 2.75) is 13.3 Å². The maximum Gasteiger partial charge on any atom is 0.345 e. The van der Waals surface area contributed by atoms with Crippen molar-refractivity contribution in [3.05, 3.63) is 77.9 Å². The van der Waals surface area contributed by atoms with Crippen LogP contribution in [0.4, 0.5) is 0 Å². The van der Waals surface area contributed by atoms with Crippen LogP contribution in [0.1, 0.15) is 34.1 Å². The summed E-state index contributed by atoms with van der Waals surface area (Å²) >= 11 is 0. The average molecular weight is 386 g/mol. The third kappa shape index (κ3) is 3.78. The van der Waals surface area contributed by atoms with E-state index in [0.717, 1.165) is 5.52 Å². The predicted molar refractivity (Wildman–Crippen MR) is 109 cm³/mol. The van der Waals surface area contributed by atoms with Crippen LogP contribution in [-0.4, -0.2) is 28.5 Å². The molecule has 4 aromatic rings. The van der Waals surface area contributed by atoms with Crippen LogP contribution in [0.3, 0.4) is 0 Å². The summed E-state index contributed by atoms with van der Waals surface area (Å²) in [5, 5.41) is 0. The van der Waals surface area contributed by atoms with Crippen molar-refractivity contribution in [2.24, 2.45) is 0 Å². The first kappa shape index (κ1) is 18.6. The Balaban J connectivity index is 1.70. The molecule has 0 saturated carbocycles. The van der Waals surface area contributed by atoms with Gasteiger partial charge in [-0.3, -0.25) is 0 Å². The Hall–Kier alpha value is -3.80. The molecular weight excluding hydrogens is 368 g/mol. The Morgan fingerprint density at radius 2 is 1.41 bits per heavy atom. The average Bonchev–Trinajstić information content (AvgIpc) is 2.76. The highest BCUT2D eigenvalue weighted by Crippen LogP contribution is 2.24. The van der Waals surface area contributed by atoms with E-state index < -0.39 is 11.9 Å². The standard InChI is InChI=1S/C23H18N2O4/c1-2-14-28-22(26)15-8-3-6-13-20(15)29-23(27)16-9-7-12-19-21(16)25-18-11-5-4-10-17(18)24-19/h3-13H,2,14H2,1H3. The van der Waals surface area contributed by atoms with E-state index in [1.165, 1.54) is 0 Å². The summed E-state index contributed by atoms with van der Waals surface area (Å²) in [4.78, 5) is 34.3. The molecule has 29 heavy (non-hydrogen) atoms. The zero-order chi connectivity index (χ0) is 20.2. The Bertz CT molecular complexity index is 1220. The molecule has 0 aliphatic rings. The zero-order valence-electron chi connectivity index (χ0n) is 15.8. The van der Waals surface area contributed by atoms with Gasteiger partial charge in [-0.1, -0.05) is 37.3 Å². The number of ether oxygens (including phenoxy) is 2. The molecule has 0 bridgehead atoms. The van der Waals surface area contributed by atoms with Crippen molar-refractivity contribution < 1.29 is 19.1 Å². The topological polar surface area (TPSA) is 78.4 Å². The highest BCUT2D eigenvalue weighted by Gasteiger charge is 2.19. The molecule has 144 valence electrons. The highest BCUT2D eigenvalue weighted by atomic mass is 16.5. The minimum Gasteiger partial charge on any atom is -0.462 e. The predicted octanol–water partition coefficient (Wildman–Crippen LogP) is 4.57. The molecule has 0 aliphatic heterocycles. The van der Waals surface area contributed by atoms with Crippen molar-refractivity contribution in [3.8, 4) is 5.75 Å². The molecule has 3 aromatic carbocycles. The molecule has 1 aromatic heterocycles. The summed E-state index contributed by atoms with van der Waals surface area (Å²) in [6.07, 6.45) is 0.705. The van der Waals surface area contributed by atoms with Gasteiger partial charge in [-0.25, -0.2) is 19.6 Å². The normalized spacial score (nSPS) is 10.8. The molecule has 6 nitrogen and oxygen atoms in total. The smallest absolute Gasteiger partial charge is 0.345 e. The van der Waals surface area contributed by atoms with E-state index in [2.05, 4.69) is 9.97 Å². The van der Waals surface area contributed by atoms with E-state index >= 15 is 0 Å². The Kier molecular flexibility index (Phi) is 5.16. The van der Waals surface area contributed by atoms with Crippen LogP contribution in [0.15, 0.2) is 66.7 Å².